The standard InChI is InChI=1S/C42H43N5O9S/c1-19-10-22-12-41(15-44)16-46(4)31(28(22)33(49)34(19)51-5)32-38-30-29(37-36(53-18-54-37)20(2)35(30)55-21(3)48)26(47(32)41)14-52-40(50)42(17-57-38)39-25(11-23(13-43)45-42)24-8-6-7-9-27(24)56-39/h6-10,23,26,31-32,38,45,49H,11-14,16-18,43H2,1-5H3/t23-,26+,31+,32-,38-,41?,42-/m1/s1. The van der Waals surface area contributed by atoms with Crippen LogP contribution in [-0.4, -0.2) is 90.9 Å². The molecule has 0 radical (unpaired) electrons. The summed E-state index contributed by atoms with van der Waals surface area (Å²) in [4.78, 5) is 32.4. The van der Waals surface area contributed by atoms with E-state index in [2.05, 4.69) is 21.2 Å². The van der Waals surface area contributed by atoms with Gasteiger partial charge in [0.1, 0.15) is 29.2 Å². The summed E-state index contributed by atoms with van der Waals surface area (Å²) < 4.78 is 37.5. The second kappa shape index (κ2) is 12.8. The van der Waals surface area contributed by atoms with Gasteiger partial charge in [-0.2, -0.15) is 5.26 Å². The molecule has 0 amide bonds. The molecule has 0 saturated carbocycles. The van der Waals surface area contributed by atoms with E-state index in [1.54, 1.807) is 0 Å². The number of ether oxygens (including phenoxy) is 5. The zero-order valence-electron chi connectivity index (χ0n) is 32.3. The number of phenolic OH excluding ortho intramolecular Hbond substituents is 1. The van der Waals surface area contributed by atoms with Crippen molar-refractivity contribution in [1.29, 1.82) is 5.26 Å². The molecule has 3 aromatic carbocycles. The van der Waals surface area contributed by atoms with Gasteiger partial charge in [-0.25, -0.2) is 4.79 Å². The lowest BCUT2D eigenvalue weighted by Crippen LogP contribution is -2.69. The summed E-state index contributed by atoms with van der Waals surface area (Å²) in [6, 6.07) is 10.4. The van der Waals surface area contributed by atoms with Crippen LogP contribution in [0.4, 0.5) is 0 Å². The van der Waals surface area contributed by atoms with Crippen LogP contribution in [-0.2, 0) is 32.7 Å². The first-order valence-corrected chi connectivity index (χ1v) is 20.2. The van der Waals surface area contributed by atoms with Gasteiger partial charge in [0, 0.05) is 77.5 Å². The molecule has 0 aliphatic carbocycles. The highest BCUT2D eigenvalue weighted by Crippen LogP contribution is 2.65. The van der Waals surface area contributed by atoms with E-state index in [0.717, 1.165) is 22.1 Å². The largest absolute Gasteiger partial charge is 0.504 e. The second-order valence-electron chi connectivity index (χ2n) is 16.1. The number of furan rings is 1. The smallest absolute Gasteiger partial charge is 0.335 e. The maximum Gasteiger partial charge on any atom is 0.335 e. The molecule has 9 heterocycles. The minimum Gasteiger partial charge on any atom is -0.504 e. The third-order valence-corrected chi connectivity index (χ3v) is 14.4. The van der Waals surface area contributed by atoms with E-state index in [1.165, 1.54) is 25.8 Å². The Labute approximate surface area is 333 Å². The molecule has 14 nitrogen and oxygen atoms in total. The molecule has 1 aromatic heterocycles. The first-order valence-electron chi connectivity index (χ1n) is 19.2. The molecule has 4 N–H and O–H groups in total. The number of para-hydroxylation sites is 1. The van der Waals surface area contributed by atoms with Crippen molar-refractivity contribution < 1.29 is 42.8 Å². The quantitative estimate of drug-likeness (QED) is 0.197. The Kier molecular flexibility index (Phi) is 8.14. The monoisotopic (exact) mass is 793 g/mol. The molecule has 8 aliphatic rings. The molecule has 8 aliphatic heterocycles. The number of likely N-dealkylation sites (N-methyl/N-ethyl adjacent to an activating group) is 1. The summed E-state index contributed by atoms with van der Waals surface area (Å²) >= 11 is 1.49. The fraction of sp³-hybridized carbons (Fsp3) is 0.452. The number of phenols is 1. The van der Waals surface area contributed by atoms with Crippen molar-refractivity contribution in [2.24, 2.45) is 5.73 Å². The number of thioether (sulfide) groups is 1. The van der Waals surface area contributed by atoms with Gasteiger partial charge in [-0.3, -0.25) is 19.9 Å². The van der Waals surface area contributed by atoms with E-state index in [1.807, 2.05) is 51.2 Å². The molecule has 2 fully saturated rings. The number of esters is 2. The van der Waals surface area contributed by atoms with E-state index in [0.29, 0.717) is 69.6 Å². The molecule has 12 rings (SSSR count). The second-order valence-corrected chi connectivity index (χ2v) is 17.2. The maximum atomic E-state index is 15.1. The number of hydrogen-bond donors (Lipinski definition) is 3. The van der Waals surface area contributed by atoms with Crippen LogP contribution in [0.1, 0.15) is 69.0 Å². The highest BCUT2D eigenvalue weighted by molar-refractivity contribution is 7.99. The number of rotatable bonds is 3. The number of piperazine rings is 1. The number of nitrogens with zero attached hydrogens (tertiary/aromatic N) is 3. The number of methoxy groups -OCH3 is 1. The number of aromatic hydroxyl groups is 1. The van der Waals surface area contributed by atoms with Crippen molar-refractivity contribution in [3.8, 4) is 34.8 Å². The molecule has 8 atom stereocenters. The number of carbonyl (C=O) groups is 2. The van der Waals surface area contributed by atoms with Crippen LogP contribution in [0.15, 0.2) is 34.7 Å². The molecule has 4 aromatic rings. The van der Waals surface area contributed by atoms with Crippen LogP contribution in [0.25, 0.3) is 11.0 Å². The highest BCUT2D eigenvalue weighted by Gasteiger charge is 2.64. The SMILES string of the molecule is COc1c(C)cc2c(c1O)[C@H]1[C@@H]3[C@@H]4SC[C@]5(N[C@@H](CN)Cc6c5oc5ccccc65)C(=O)OC[C@@H](c5c6c(c(C)c(OC(C)=O)c54)OCO6)N3C(C#N)(C2)CN1C. The number of benzene rings is 3. The lowest BCUT2D eigenvalue weighted by atomic mass is 9.76. The first kappa shape index (κ1) is 36.4. The van der Waals surface area contributed by atoms with E-state index in [9.17, 15) is 15.2 Å². The van der Waals surface area contributed by atoms with Crippen LogP contribution in [0.2, 0.25) is 0 Å². The Hall–Kier alpha value is -4.98. The number of carbonyl (C=O) groups excluding carboxylic acids is 2. The molecule has 296 valence electrons. The molecule has 57 heavy (non-hydrogen) atoms. The van der Waals surface area contributed by atoms with Crippen LogP contribution in [0.5, 0.6) is 28.7 Å². The third kappa shape index (κ3) is 4.85. The van der Waals surface area contributed by atoms with Crippen LogP contribution >= 0.6 is 11.8 Å². The first-order chi connectivity index (χ1) is 27.5. The predicted octanol–water partition coefficient (Wildman–Crippen LogP) is 4.35. The Morgan fingerprint density at radius 3 is 2.70 bits per heavy atom. The van der Waals surface area contributed by atoms with Gasteiger partial charge in [0.2, 0.25) is 6.79 Å². The molecule has 1 spiro atoms. The average molecular weight is 794 g/mol. The molecular weight excluding hydrogens is 751 g/mol. The van der Waals surface area contributed by atoms with Crippen molar-refractivity contribution in [2.45, 2.75) is 74.1 Å². The number of nitrogens with one attached hydrogen (secondary N) is 1. The third-order valence-electron chi connectivity index (χ3n) is 12.9. The molecule has 2 saturated heterocycles. The Morgan fingerprint density at radius 2 is 1.95 bits per heavy atom. The Morgan fingerprint density at radius 1 is 1.16 bits per heavy atom. The van der Waals surface area contributed by atoms with Crippen molar-refractivity contribution in [2.75, 3.05) is 46.4 Å². The van der Waals surface area contributed by atoms with Crippen molar-refractivity contribution in [3.05, 3.63) is 75.0 Å². The predicted molar refractivity (Wildman–Crippen MR) is 208 cm³/mol. The fourth-order valence-corrected chi connectivity index (χ4v) is 12.5. The zero-order chi connectivity index (χ0) is 39.7. The van der Waals surface area contributed by atoms with Gasteiger partial charge in [0.05, 0.1) is 30.5 Å². The summed E-state index contributed by atoms with van der Waals surface area (Å²) in [6.07, 6.45) is 0.835. The number of aryl methyl sites for hydroxylation is 1. The maximum absolute atomic E-state index is 15.1. The zero-order valence-corrected chi connectivity index (χ0v) is 33.1. The van der Waals surface area contributed by atoms with Gasteiger partial charge in [0.25, 0.3) is 0 Å². The summed E-state index contributed by atoms with van der Waals surface area (Å²) in [5.41, 5.74) is 9.50. The number of hydrogen-bond acceptors (Lipinski definition) is 15. The van der Waals surface area contributed by atoms with Gasteiger partial charge >= 0.3 is 11.9 Å². The van der Waals surface area contributed by atoms with Crippen molar-refractivity contribution in [3.63, 3.8) is 0 Å². The summed E-state index contributed by atoms with van der Waals surface area (Å²) in [6.45, 7) is 5.43. The van der Waals surface area contributed by atoms with Crippen molar-refractivity contribution in [1.82, 2.24) is 15.1 Å². The fourth-order valence-electron chi connectivity index (χ4n) is 10.9. The van der Waals surface area contributed by atoms with Crippen LogP contribution in [0, 0.1) is 25.2 Å². The Bertz CT molecular complexity index is 2460. The summed E-state index contributed by atoms with van der Waals surface area (Å²) in [5, 5.41) is 27.6. The average Bonchev–Trinajstić information content (AvgIpc) is 3.78. The van der Waals surface area contributed by atoms with Gasteiger partial charge in [-0.05, 0) is 44.5 Å². The lowest BCUT2D eigenvalue weighted by Gasteiger charge is -2.60. The van der Waals surface area contributed by atoms with Crippen molar-refractivity contribution >= 4 is 34.7 Å². The van der Waals surface area contributed by atoms with Gasteiger partial charge in [-0.15, -0.1) is 11.8 Å². The number of nitrogens with two attached hydrogens (primary N) is 1. The van der Waals surface area contributed by atoms with Gasteiger partial charge < -0.3 is 38.9 Å². The molecular formula is C42H43N5O9S. The van der Waals surface area contributed by atoms with Gasteiger partial charge in [-0.1, -0.05) is 24.3 Å². The van der Waals surface area contributed by atoms with E-state index in [-0.39, 0.29) is 43.9 Å². The topological polar surface area (TPSA) is 182 Å². The van der Waals surface area contributed by atoms with Crippen LogP contribution < -0.4 is 30.0 Å². The van der Waals surface area contributed by atoms with E-state index in [4.69, 9.17) is 33.8 Å². The van der Waals surface area contributed by atoms with E-state index >= 15 is 4.79 Å². The lowest BCUT2D eigenvalue weighted by molar-refractivity contribution is -0.159. The summed E-state index contributed by atoms with van der Waals surface area (Å²) in [7, 11) is 3.51. The molecule has 4 bridgehead atoms. The number of nitriles is 1. The highest BCUT2D eigenvalue weighted by atomic mass is 32.2. The normalized spacial score (nSPS) is 30.8. The Balaban J connectivity index is 1.27. The minimum atomic E-state index is -1.46. The number of fused-ring (bicyclic) bond motifs is 8. The molecule has 15 heteroatoms. The van der Waals surface area contributed by atoms with E-state index < -0.39 is 46.4 Å². The molecule has 2 unspecified atom stereocenters. The van der Waals surface area contributed by atoms with Crippen LogP contribution in [0.3, 0.4) is 0 Å². The minimum absolute atomic E-state index is 0.0229. The summed E-state index contributed by atoms with van der Waals surface area (Å²) in [5.74, 6) is 1.20. The van der Waals surface area contributed by atoms with Gasteiger partial charge in [0.15, 0.2) is 28.5 Å².